The minimum atomic E-state index is -0.222. The number of carbonyl (C=O) groups excluding carboxylic acids is 2. The van der Waals surface area contributed by atoms with Crippen molar-refractivity contribution in [2.24, 2.45) is 0 Å². The van der Waals surface area contributed by atoms with Crippen molar-refractivity contribution in [1.29, 1.82) is 0 Å². The van der Waals surface area contributed by atoms with Gasteiger partial charge in [-0.1, -0.05) is 49.7 Å². The van der Waals surface area contributed by atoms with Crippen LogP contribution in [-0.2, 0) is 17.9 Å². The van der Waals surface area contributed by atoms with E-state index in [4.69, 9.17) is 4.74 Å². The lowest BCUT2D eigenvalue weighted by atomic mass is 10.1. The Bertz CT molecular complexity index is 719. The number of hydrogen-bond donors (Lipinski definition) is 0. The lowest BCUT2D eigenvalue weighted by Crippen LogP contribution is -2.29. The molecule has 0 saturated carbocycles. The highest BCUT2D eigenvalue weighted by molar-refractivity contribution is 6.21. The molecule has 1 heterocycles. The Labute approximate surface area is 142 Å². The molecule has 0 aliphatic carbocycles. The van der Waals surface area contributed by atoms with Crippen LogP contribution < -0.4 is 0 Å². The zero-order valence-electron chi connectivity index (χ0n) is 13.8. The van der Waals surface area contributed by atoms with Crippen LogP contribution in [0.5, 0.6) is 0 Å². The van der Waals surface area contributed by atoms with Crippen molar-refractivity contribution >= 4 is 11.8 Å². The van der Waals surface area contributed by atoms with E-state index in [1.165, 1.54) is 4.90 Å². The Hall–Kier alpha value is -2.46. The predicted octanol–water partition coefficient (Wildman–Crippen LogP) is 3.80. The first-order valence-corrected chi connectivity index (χ1v) is 8.31. The number of imide groups is 1. The number of unbranched alkanes of at least 4 members (excludes halogenated alkanes) is 1. The second-order valence-corrected chi connectivity index (χ2v) is 5.97. The van der Waals surface area contributed by atoms with Crippen molar-refractivity contribution in [3.63, 3.8) is 0 Å². The number of fused-ring (bicyclic) bond motifs is 1. The van der Waals surface area contributed by atoms with Crippen LogP contribution in [0.2, 0.25) is 0 Å². The van der Waals surface area contributed by atoms with Crippen LogP contribution in [0.25, 0.3) is 0 Å². The van der Waals surface area contributed by atoms with Gasteiger partial charge in [-0.25, -0.2) is 0 Å². The average Bonchev–Trinajstić information content (AvgIpc) is 2.85. The smallest absolute Gasteiger partial charge is 0.261 e. The first kappa shape index (κ1) is 16.4. The molecule has 2 aromatic carbocycles. The molecule has 124 valence electrons. The topological polar surface area (TPSA) is 46.6 Å². The highest BCUT2D eigenvalue weighted by atomic mass is 16.5. The fourth-order valence-electron chi connectivity index (χ4n) is 2.82. The molecule has 24 heavy (non-hydrogen) atoms. The van der Waals surface area contributed by atoms with Crippen LogP contribution in [0.3, 0.4) is 0 Å². The van der Waals surface area contributed by atoms with Gasteiger partial charge in [0.25, 0.3) is 11.8 Å². The minimum Gasteiger partial charge on any atom is -0.377 e. The average molecular weight is 323 g/mol. The molecule has 0 unspecified atom stereocenters. The summed E-state index contributed by atoms with van der Waals surface area (Å²) in [5, 5.41) is 0. The number of nitrogens with zero attached hydrogens (tertiary/aromatic N) is 1. The van der Waals surface area contributed by atoms with Gasteiger partial charge >= 0.3 is 0 Å². The van der Waals surface area contributed by atoms with Gasteiger partial charge in [-0.15, -0.1) is 0 Å². The van der Waals surface area contributed by atoms with Crippen LogP contribution in [0.4, 0.5) is 0 Å². The molecule has 1 aliphatic rings. The second kappa shape index (κ2) is 7.41. The summed E-state index contributed by atoms with van der Waals surface area (Å²) in [5.41, 5.74) is 2.96. The van der Waals surface area contributed by atoms with E-state index >= 15 is 0 Å². The highest BCUT2D eigenvalue weighted by Gasteiger charge is 2.34. The molecule has 0 fully saturated rings. The SMILES string of the molecule is CCCCOCc1cccc(CN2C(=O)c3ccccc3C2=O)c1. The van der Waals surface area contributed by atoms with E-state index in [0.717, 1.165) is 30.6 Å². The van der Waals surface area contributed by atoms with Crippen molar-refractivity contribution in [2.45, 2.75) is 32.9 Å². The maximum Gasteiger partial charge on any atom is 0.261 e. The van der Waals surface area contributed by atoms with Gasteiger partial charge in [0.2, 0.25) is 0 Å². The largest absolute Gasteiger partial charge is 0.377 e. The summed E-state index contributed by atoms with van der Waals surface area (Å²) in [4.78, 5) is 26.1. The molecule has 0 N–H and O–H groups in total. The Morgan fingerprint density at radius 2 is 1.58 bits per heavy atom. The number of carbonyl (C=O) groups is 2. The number of ether oxygens (including phenoxy) is 1. The second-order valence-electron chi connectivity index (χ2n) is 5.97. The van der Waals surface area contributed by atoms with Gasteiger partial charge in [0, 0.05) is 6.61 Å². The van der Waals surface area contributed by atoms with E-state index in [1.807, 2.05) is 24.3 Å². The van der Waals surface area contributed by atoms with E-state index in [9.17, 15) is 9.59 Å². The van der Waals surface area contributed by atoms with Crippen LogP contribution in [0, 0.1) is 0 Å². The number of benzene rings is 2. The Balaban J connectivity index is 1.69. The van der Waals surface area contributed by atoms with Crippen LogP contribution in [0.15, 0.2) is 48.5 Å². The van der Waals surface area contributed by atoms with Gasteiger partial charge in [-0.05, 0) is 29.7 Å². The summed E-state index contributed by atoms with van der Waals surface area (Å²) in [6, 6.07) is 14.8. The highest BCUT2D eigenvalue weighted by Crippen LogP contribution is 2.24. The van der Waals surface area contributed by atoms with E-state index in [-0.39, 0.29) is 18.4 Å². The zero-order valence-corrected chi connectivity index (χ0v) is 13.8. The fourth-order valence-corrected chi connectivity index (χ4v) is 2.82. The lowest BCUT2D eigenvalue weighted by molar-refractivity contribution is 0.0642. The maximum atomic E-state index is 12.4. The minimum absolute atomic E-state index is 0.222. The first-order chi connectivity index (χ1) is 11.7. The molecule has 0 atom stereocenters. The summed E-state index contributed by atoms with van der Waals surface area (Å²) >= 11 is 0. The van der Waals surface area contributed by atoms with Gasteiger partial charge in [-0.3, -0.25) is 14.5 Å². The Kier molecular flexibility index (Phi) is 5.06. The van der Waals surface area contributed by atoms with E-state index in [1.54, 1.807) is 24.3 Å². The molecular formula is C20H21NO3. The van der Waals surface area contributed by atoms with Crippen molar-refractivity contribution in [2.75, 3.05) is 6.61 Å². The van der Waals surface area contributed by atoms with Crippen molar-refractivity contribution < 1.29 is 14.3 Å². The molecule has 0 radical (unpaired) electrons. The van der Waals surface area contributed by atoms with Gasteiger partial charge in [-0.2, -0.15) is 0 Å². The van der Waals surface area contributed by atoms with Crippen molar-refractivity contribution in [1.82, 2.24) is 4.90 Å². The molecular weight excluding hydrogens is 302 g/mol. The Morgan fingerprint density at radius 1 is 0.917 bits per heavy atom. The molecule has 2 amide bonds. The fraction of sp³-hybridized carbons (Fsp3) is 0.300. The number of rotatable bonds is 7. The van der Waals surface area contributed by atoms with Crippen LogP contribution in [-0.4, -0.2) is 23.3 Å². The lowest BCUT2D eigenvalue weighted by Gasteiger charge is -2.14. The van der Waals surface area contributed by atoms with Gasteiger partial charge in [0.1, 0.15) is 0 Å². The third-order valence-corrected chi connectivity index (χ3v) is 4.12. The van der Waals surface area contributed by atoms with Crippen molar-refractivity contribution in [3.8, 4) is 0 Å². The van der Waals surface area contributed by atoms with Crippen LogP contribution in [0.1, 0.15) is 51.6 Å². The molecule has 0 spiro atoms. The predicted molar refractivity (Wildman–Crippen MR) is 91.7 cm³/mol. The normalized spacial score (nSPS) is 13.5. The molecule has 0 aromatic heterocycles. The molecule has 2 aromatic rings. The quantitative estimate of drug-likeness (QED) is 0.575. The van der Waals surface area contributed by atoms with E-state index < -0.39 is 0 Å². The van der Waals surface area contributed by atoms with Crippen LogP contribution >= 0.6 is 0 Å². The number of amides is 2. The standard InChI is InChI=1S/C20H21NO3/c1-2-3-11-24-14-16-8-6-7-15(12-16)13-21-19(22)17-9-4-5-10-18(17)20(21)23/h4-10,12H,2-3,11,13-14H2,1H3. The molecule has 1 aliphatic heterocycles. The van der Waals surface area contributed by atoms with Crippen molar-refractivity contribution in [3.05, 3.63) is 70.8 Å². The summed E-state index contributed by atoms with van der Waals surface area (Å²) in [6.07, 6.45) is 2.16. The Morgan fingerprint density at radius 3 is 2.25 bits per heavy atom. The molecule has 3 rings (SSSR count). The van der Waals surface area contributed by atoms with E-state index in [2.05, 4.69) is 6.92 Å². The molecule has 0 saturated heterocycles. The summed E-state index contributed by atoms with van der Waals surface area (Å²) < 4.78 is 5.63. The summed E-state index contributed by atoms with van der Waals surface area (Å²) in [5.74, 6) is -0.444. The first-order valence-electron chi connectivity index (χ1n) is 8.31. The monoisotopic (exact) mass is 323 g/mol. The molecule has 4 heteroatoms. The number of hydrogen-bond acceptors (Lipinski definition) is 3. The maximum absolute atomic E-state index is 12.4. The third kappa shape index (κ3) is 3.39. The summed E-state index contributed by atoms with van der Waals surface area (Å²) in [7, 11) is 0. The molecule has 4 nitrogen and oxygen atoms in total. The van der Waals surface area contributed by atoms with Gasteiger partial charge in [0.05, 0.1) is 24.3 Å². The van der Waals surface area contributed by atoms with E-state index in [0.29, 0.717) is 17.7 Å². The zero-order chi connectivity index (χ0) is 16.9. The van der Waals surface area contributed by atoms with Gasteiger partial charge < -0.3 is 4.74 Å². The van der Waals surface area contributed by atoms with Gasteiger partial charge in [0.15, 0.2) is 0 Å². The third-order valence-electron chi connectivity index (χ3n) is 4.12. The summed E-state index contributed by atoms with van der Waals surface area (Å²) in [6.45, 7) is 3.72. The molecule has 0 bridgehead atoms.